The molecule has 0 aliphatic carbocycles. The summed E-state index contributed by atoms with van der Waals surface area (Å²) < 4.78 is 11.2. The summed E-state index contributed by atoms with van der Waals surface area (Å²) in [4.78, 5) is 21.8. The molecule has 8 nitrogen and oxygen atoms in total. The highest BCUT2D eigenvalue weighted by atomic mass is 16.5. The second-order valence-corrected chi connectivity index (χ2v) is 8.61. The predicted molar refractivity (Wildman–Crippen MR) is 124 cm³/mol. The lowest BCUT2D eigenvalue weighted by molar-refractivity contribution is -0.123. The molecule has 172 valence electrons. The molecule has 2 aromatic carbocycles. The molecule has 0 spiro atoms. The maximum atomic E-state index is 12.7. The number of fused-ring (bicyclic) bond motifs is 1. The van der Waals surface area contributed by atoms with Gasteiger partial charge in [0.15, 0.2) is 0 Å². The van der Waals surface area contributed by atoms with Crippen molar-refractivity contribution in [2.75, 3.05) is 39.3 Å². The van der Waals surface area contributed by atoms with Crippen molar-refractivity contribution in [1.82, 2.24) is 25.3 Å². The van der Waals surface area contributed by atoms with E-state index in [1.165, 1.54) is 0 Å². The van der Waals surface area contributed by atoms with Crippen molar-refractivity contribution in [2.24, 2.45) is 0 Å². The molecule has 3 aromatic rings. The zero-order valence-corrected chi connectivity index (χ0v) is 18.8. The summed E-state index contributed by atoms with van der Waals surface area (Å²) in [5.74, 6) is 2.16. The molecule has 0 saturated carbocycles. The fraction of sp³-hybridized carbons (Fsp3) is 0.400. The molecule has 1 fully saturated rings. The summed E-state index contributed by atoms with van der Waals surface area (Å²) >= 11 is 0. The lowest BCUT2D eigenvalue weighted by Crippen LogP contribution is -2.50. The van der Waals surface area contributed by atoms with Crippen LogP contribution in [-0.4, -0.2) is 65.2 Å². The largest absolute Gasteiger partial charge is 0.493 e. The molecule has 33 heavy (non-hydrogen) atoms. The average Bonchev–Trinajstić information content (AvgIpc) is 3.35. The van der Waals surface area contributed by atoms with Crippen LogP contribution in [0.5, 0.6) is 5.75 Å². The van der Waals surface area contributed by atoms with Crippen LogP contribution < -0.4 is 10.1 Å². The Balaban J connectivity index is 1.12. The Morgan fingerprint density at radius 3 is 2.67 bits per heavy atom. The first-order valence-corrected chi connectivity index (χ1v) is 11.5. The van der Waals surface area contributed by atoms with Gasteiger partial charge in [-0.25, -0.2) is 0 Å². The lowest BCUT2D eigenvalue weighted by atomic mass is 10.0. The van der Waals surface area contributed by atoms with Crippen molar-refractivity contribution in [3.8, 4) is 17.1 Å². The number of ether oxygens (including phenoxy) is 1. The van der Waals surface area contributed by atoms with Gasteiger partial charge in [0.1, 0.15) is 5.75 Å². The van der Waals surface area contributed by atoms with Gasteiger partial charge in [-0.15, -0.1) is 0 Å². The van der Waals surface area contributed by atoms with E-state index < -0.39 is 0 Å². The zero-order chi connectivity index (χ0) is 22.6. The molecule has 2 unspecified atom stereocenters. The summed E-state index contributed by atoms with van der Waals surface area (Å²) in [6, 6.07) is 17.8. The molecule has 8 heteroatoms. The summed E-state index contributed by atoms with van der Waals surface area (Å²) in [5.41, 5.74) is 2.01. The Morgan fingerprint density at radius 2 is 1.85 bits per heavy atom. The predicted octanol–water partition coefficient (Wildman–Crippen LogP) is 3.06. The maximum absolute atomic E-state index is 12.7. The van der Waals surface area contributed by atoms with Crippen LogP contribution in [0.4, 0.5) is 0 Å². The molecular formula is C25H29N5O3. The van der Waals surface area contributed by atoms with Gasteiger partial charge in [-0.3, -0.25) is 14.6 Å². The van der Waals surface area contributed by atoms with E-state index >= 15 is 0 Å². The molecule has 1 aromatic heterocycles. The highest BCUT2D eigenvalue weighted by Gasteiger charge is 2.28. The van der Waals surface area contributed by atoms with E-state index in [-0.39, 0.29) is 18.0 Å². The standard InChI is InChI=1S/C25H29N5O3/c1-18(25-27-24(28-33-25)19-7-3-2-4-8-19)30-14-12-29(13-15-30)17-23(31)26-21-11-16-32-22-10-6-5-9-20(21)22/h2-10,18,21H,11-17H2,1H3,(H,26,31). The highest BCUT2D eigenvalue weighted by molar-refractivity contribution is 5.78. The van der Waals surface area contributed by atoms with E-state index in [4.69, 9.17) is 9.26 Å². The van der Waals surface area contributed by atoms with Crippen molar-refractivity contribution in [2.45, 2.75) is 25.4 Å². The van der Waals surface area contributed by atoms with Gasteiger partial charge in [-0.05, 0) is 13.0 Å². The van der Waals surface area contributed by atoms with Crippen molar-refractivity contribution in [3.63, 3.8) is 0 Å². The topological polar surface area (TPSA) is 83.7 Å². The van der Waals surface area contributed by atoms with E-state index in [9.17, 15) is 4.79 Å². The Morgan fingerprint density at radius 1 is 1.09 bits per heavy atom. The minimum absolute atomic E-state index is 0.0140. The zero-order valence-electron chi connectivity index (χ0n) is 18.8. The minimum Gasteiger partial charge on any atom is -0.493 e. The molecular weight excluding hydrogens is 418 g/mol. The number of rotatable bonds is 6. The molecule has 1 amide bonds. The summed E-state index contributed by atoms with van der Waals surface area (Å²) in [7, 11) is 0. The highest BCUT2D eigenvalue weighted by Crippen LogP contribution is 2.31. The van der Waals surface area contributed by atoms with Gasteiger partial charge in [0.05, 0.1) is 25.2 Å². The van der Waals surface area contributed by atoms with Gasteiger partial charge >= 0.3 is 0 Å². The number of nitrogens with one attached hydrogen (secondary N) is 1. The van der Waals surface area contributed by atoms with E-state index in [1.807, 2.05) is 54.6 Å². The summed E-state index contributed by atoms with van der Waals surface area (Å²) in [6.07, 6.45) is 0.795. The van der Waals surface area contributed by atoms with Crippen LogP contribution in [0.15, 0.2) is 59.1 Å². The molecule has 2 atom stereocenters. The Bertz CT molecular complexity index is 1080. The number of piperazine rings is 1. The van der Waals surface area contributed by atoms with Crippen LogP contribution >= 0.6 is 0 Å². The van der Waals surface area contributed by atoms with E-state index in [0.717, 1.165) is 49.5 Å². The second-order valence-electron chi connectivity index (χ2n) is 8.61. The first-order chi connectivity index (χ1) is 16.2. The van der Waals surface area contributed by atoms with Crippen molar-refractivity contribution < 1.29 is 14.1 Å². The number of hydrogen-bond donors (Lipinski definition) is 1. The average molecular weight is 448 g/mol. The van der Waals surface area contributed by atoms with Crippen LogP contribution in [0.3, 0.4) is 0 Å². The van der Waals surface area contributed by atoms with Gasteiger partial charge in [0.25, 0.3) is 0 Å². The van der Waals surface area contributed by atoms with Crippen LogP contribution in [0.2, 0.25) is 0 Å². The molecule has 5 rings (SSSR count). The third kappa shape index (κ3) is 4.91. The first-order valence-electron chi connectivity index (χ1n) is 11.5. The second kappa shape index (κ2) is 9.72. The number of para-hydroxylation sites is 1. The number of carbonyl (C=O) groups is 1. The minimum atomic E-state index is 0.0140. The maximum Gasteiger partial charge on any atom is 0.244 e. The van der Waals surface area contributed by atoms with Crippen LogP contribution in [0.25, 0.3) is 11.4 Å². The fourth-order valence-corrected chi connectivity index (χ4v) is 4.51. The van der Waals surface area contributed by atoms with Crippen molar-refractivity contribution in [1.29, 1.82) is 0 Å². The SMILES string of the molecule is CC(c1nc(-c2ccccc2)no1)N1CCN(CC(=O)NC2CCOc3ccccc32)CC1. The quantitative estimate of drug-likeness (QED) is 0.622. The van der Waals surface area contributed by atoms with Gasteiger partial charge in [-0.2, -0.15) is 4.98 Å². The normalized spacial score (nSPS) is 20.0. The summed E-state index contributed by atoms with van der Waals surface area (Å²) in [6.45, 7) is 6.45. The van der Waals surface area contributed by atoms with E-state index in [0.29, 0.717) is 24.9 Å². The Kier molecular flexibility index (Phi) is 6.37. The number of amides is 1. The number of hydrogen-bond acceptors (Lipinski definition) is 7. The first kappa shape index (κ1) is 21.6. The third-order valence-electron chi connectivity index (χ3n) is 6.45. The van der Waals surface area contributed by atoms with Crippen molar-refractivity contribution in [3.05, 3.63) is 66.1 Å². The van der Waals surface area contributed by atoms with E-state index in [2.05, 4.69) is 32.2 Å². The summed E-state index contributed by atoms with van der Waals surface area (Å²) in [5, 5.41) is 7.34. The van der Waals surface area contributed by atoms with Crippen LogP contribution in [-0.2, 0) is 4.79 Å². The van der Waals surface area contributed by atoms with Crippen LogP contribution in [0, 0.1) is 0 Å². The Labute approximate surface area is 193 Å². The molecule has 0 radical (unpaired) electrons. The third-order valence-corrected chi connectivity index (χ3v) is 6.45. The molecule has 2 aliphatic rings. The molecule has 3 heterocycles. The molecule has 1 saturated heterocycles. The van der Waals surface area contributed by atoms with Crippen LogP contribution in [0.1, 0.15) is 36.9 Å². The van der Waals surface area contributed by atoms with Gasteiger partial charge in [-0.1, -0.05) is 53.7 Å². The smallest absolute Gasteiger partial charge is 0.244 e. The van der Waals surface area contributed by atoms with Gasteiger partial charge in [0, 0.05) is 43.7 Å². The van der Waals surface area contributed by atoms with Gasteiger partial charge < -0.3 is 14.6 Å². The molecule has 1 N–H and O–H groups in total. The monoisotopic (exact) mass is 447 g/mol. The fourth-order valence-electron chi connectivity index (χ4n) is 4.51. The van der Waals surface area contributed by atoms with Crippen molar-refractivity contribution >= 4 is 5.91 Å². The lowest BCUT2D eigenvalue weighted by Gasteiger charge is -2.36. The molecule has 0 bridgehead atoms. The number of carbonyl (C=O) groups excluding carboxylic acids is 1. The molecule has 2 aliphatic heterocycles. The van der Waals surface area contributed by atoms with Gasteiger partial charge in [0.2, 0.25) is 17.6 Å². The number of aromatic nitrogens is 2. The number of benzene rings is 2. The number of nitrogens with zero attached hydrogens (tertiary/aromatic N) is 4. The Hall–Kier alpha value is -3.23. The van der Waals surface area contributed by atoms with E-state index in [1.54, 1.807) is 0 Å².